The number of aromatic nitrogens is 2. The number of amides is 2. The molecular formula is C23H21ClFN5O3. The molecule has 170 valence electrons. The third-order valence-electron chi connectivity index (χ3n) is 5.24. The molecule has 0 saturated carbocycles. The highest BCUT2D eigenvalue weighted by Gasteiger charge is 2.24. The average Bonchev–Trinajstić information content (AvgIpc) is 2.84. The normalized spacial score (nSPS) is 13.5. The number of carbonyl (C=O) groups is 2. The first kappa shape index (κ1) is 22.5. The topological polar surface area (TPSA) is 87.7 Å². The summed E-state index contributed by atoms with van der Waals surface area (Å²) in [7, 11) is 1.47. The SMILES string of the molecule is COc1cc(C(=O)N2CCN(c3ccc(NC(=O)c4ccccc4F)cn3)CC2)cc(Cl)n1. The van der Waals surface area contributed by atoms with E-state index < -0.39 is 11.7 Å². The zero-order chi connectivity index (χ0) is 23.4. The zero-order valence-electron chi connectivity index (χ0n) is 17.8. The fourth-order valence-electron chi connectivity index (χ4n) is 3.51. The second-order valence-electron chi connectivity index (χ2n) is 7.34. The summed E-state index contributed by atoms with van der Waals surface area (Å²) in [6.07, 6.45) is 1.52. The Morgan fingerprint density at radius 2 is 1.85 bits per heavy atom. The number of pyridine rings is 2. The van der Waals surface area contributed by atoms with Gasteiger partial charge < -0.3 is 19.9 Å². The number of nitrogens with one attached hydrogen (secondary N) is 1. The van der Waals surface area contributed by atoms with Crippen molar-refractivity contribution in [1.82, 2.24) is 14.9 Å². The molecule has 3 heterocycles. The Morgan fingerprint density at radius 3 is 2.52 bits per heavy atom. The number of benzene rings is 1. The van der Waals surface area contributed by atoms with Crippen molar-refractivity contribution < 1.29 is 18.7 Å². The molecule has 33 heavy (non-hydrogen) atoms. The van der Waals surface area contributed by atoms with Gasteiger partial charge in [-0.25, -0.2) is 14.4 Å². The number of piperazine rings is 1. The van der Waals surface area contributed by atoms with Crippen LogP contribution in [0.2, 0.25) is 5.15 Å². The molecule has 8 nitrogen and oxygen atoms in total. The van der Waals surface area contributed by atoms with Crippen LogP contribution in [0.15, 0.2) is 54.7 Å². The minimum atomic E-state index is -0.584. The largest absolute Gasteiger partial charge is 0.481 e. The lowest BCUT2D eigenvalue weighted by atomic mass is 10.2. The fraction of sp³-hybridized carbons (Fsp3) is 0.217. The van der Waals surface area contributed by atoms with Crippen LogP contribution in [-0.2, 0) is 0 Å². The third-order valence-corrected chi connectivity index (χ3v) is 5.44. The van der Waals surface area contributed by atoms with Crippen LogP contribution >= 0.6 is 11.6 Å². The molecule has 0 radical (unpaired) electrons. The van der Waals surface area contributed by atoms with Gasteiger partial charge in [0.2, 0.25) is 5.88 Å². The summed E-state index contributed by atoms with van der Waals surface area (Å²) >= 11 is 5.98. The van der Waals surface area contributed by atoms with Crippen molar-refractivity contribution in [3.05, 3.63) is 76.8 Å². The van der Waals surface area contributed by atoms with Gasteiger partial charge in [-0.05, 0) is 30.3 Å². The minimum Gasteiger partial charge on any atom is -0.481 e. The van der Waals surface area contributed by atoms with E-state index in [-0.39, 0.29) is 22.5 Å². The summed E-state index contributed by atoms with van der Waals surface area (Å²) in [5.41, 5.74) is 0.855. The molecule has 0 atom stereocenters. The second kappa shape index (κ2) is 9.83. The van der Waals surface area contributed by atoms with Crippen LogP contribution in [0.25, 0.3) is 0 Å². The molecule has 4 rings (SSSR count). The maximum Gasteiger partial charge on any atom is 0.258 e. The highest BCUT2D eigenvalue weighted by atomic mass is 35.5. The number of hydrogen-bond acceptors (Lipinski definition) is 6. The van der Waals surface area contributed by atoms with Crippen LogP contribution in [0.5, 0.6) is 5.88 Å². The first-order valence-electron chi connectivity index (χ1n) is 10.2. The molecular weight excluding hydrogens is 449 g/mol. The van der Waals surface area contributed by atoms with Gasteiger partial charge >= 0.3 is 0 Å². The van der Waals surface area contributed by atoms with Gasteiger partial charge in [0.1, 0.15) is 16.8 Å². The molecule has 1 aromatic carbocycles. The van der Waals surface area contributed by atoms with E-state index in [2.05, 4.69) is 15.3 Å². The number of halogens is 2. The molecule has 1 aliphatic heterocycles. The van der Waals surface area contributed by atoms with Crippen LogP contribution in [-0.4, -0.2) is 60.0 Å². The lowest BCUT2D eigenvalue weighted by Crippen LogP contribution is -2.49. The van der Waals surface area contributed by atoms with Crippen LogP contribution in [0, 0.1) is 5.82 Å². The van der Waals surface area contributed by atoms with Gasteiger partial charge in [-0.15, -0.1) is 0 Å². The van der Waals surface area contributed by atoms with Gasteiger partial charge in [-0.3, -0.25) is 9.59 Å². The Hall–Kier alpha value is -3.72. The van der Waals surface area contributed by atoms with Gasteiger partial charge in [0.15, 0.2) is 0 Å². The summed E-state index contributed by atoms with van der Waals surface area (Å²) in [5, 5.41) is 2.84. The van der Waals surface area contributed by atoms with E-state index in [1.165, 1.54) is 37.6 Å². The molecule has 1 fully saturated rings. The van der Waals surface area contributed by atoms with Gasteiger partial charge in [-0.2, -0.15) is 0 Å². The summed E-state index contributed by atoms with van der Waals surface area (Å²) in [6.45, 7) is 2.20. The molecule has 0 unspecified atom stereocenters. The van der Waals surface area contributed by atoms with E-state index in [1.54, 1.807) is 29.2 Å². The Labute approximate surface area is 195 Å². The molecule has 0 bridgehead atoms. The molecule has 3 aromatic rings. The van der Waals surface area contributed by atoms with E-state index >= 15 is 0 Å². The Morgan fingerprint density at radius 1 is 1.09 bits per heavy atom. The van der Waals surface area contributed by atoms with Crippen molar-refractivity contribution in [3.63, 3.8) is 0 Å². The van der Waals surface area contributed by atoms with Crippen LogP contribution in [0.3, 0.4) is 0 Å². The first-order chi connectivity index (χ1) is 15.9. The van der Waals surface area contributed by atoms with Gasteiger partial charge in [-0.1, -0.05) is 23.7 Å². The van der Waals surface area contributed by atoms with Crippen LogP contribution < -0.4 is 15.0 Å². The summed E-state index contributed by atoms with van der Waals surface area (Å²) in [5.74, 6) is -0.256. The number of ether oxygens (including phenoxy) is 1. The predicted octanol–water partition coefficient (Wildman–Crippen LogP) is 3.49. The molecule has 0 spiro atoms. The van der Waals surface area contributed by atoms with Crippen molar-refractivity contribution >= 4 is 34.9 Å². The summed E-state index contributed by atoms with van der Waals surface area (Å²) < 4.78 is 18.9. The fourth-order valence-corrected chi connectivity index (χ4v) is 3.71. The molecule has 1 N–H and O–H groups in total. The number of anilines is 2. The minimum absolute atomic E-state index is 0.0320. The summed E-state index contributed by atoms with van der Waals surface area (Å²) in [6, 6.07) is 12.4. The Bertz CT molecular complexity index is 1170. The van der Waals surface area contributed by atoms with Crippen molar-refractivity contribution in [2.24, 2.45) is 0 Å². The molecule has 1 aliphatic rings. The zero-order valence-corrected chi connectivity index (χ0v) is 18.6. The van der Waals surface area contributed by atoms with Crippen LogP contribution in [0.4, 0.5) is 15.9 Å². The molecule has 1 saturated heterocycles. The predicted molar refractivity (Wildman–Crippen MR) is 123 cm³/mol. The van der Waals surface area contributed by atoms with Gasteiger partial charge in [0, 0.05) is 37.8 Å². The third kappa shape index (κ3) is 5.20. The molecule has 10 heteroatoms. The van der Waals surface area contributed by atoms with E-state index in [4.69, 9.17) is 16.3 Å². The lowest BCUT2D eigenvalue weighted by Gasteiger charge is -2.35. The monoisotopic (exact) mass is 469 g/mol. The van der Waals surface area contributed by atoms with Crippen molar-refractivity contribution in [2.45, 2.75) is 0 Å². The van der Waals surface area contributed by atoms with Gasteiger partial charge in [0.05, 0.1) is 24.6 Å². The van der Waals surface area contributed by atoms with Crippen molar-refractivity contribution in [1.29, 1.82) is 0 Å². The lowest BCUT2D eigenvalue weighted by molar-refractivity contribution is 0.0745. The van der Waals surface area contributed by atoms with E-state index in [1.807, 2.05) is 4.90 Å². The van der Waals surface area contributed by atoms with Gasteiger partial charge in [0.25, 0.3) is 11.8 Å². The molecule has 2 amide bonds. The Balaban J connectivity index is 1.35. The van der Waals surface area contributed by atoms with Crippen molar-refractivity contribution in [3.8, 4) is 5.88 Å². The number of rotatable bonds is 5. The molecule has 0 aliphatic carbocycles. The maximum atomic E-state index is 13.8. The highest BCUT2D eigenvalue weighted by Crippen LogP contribution is 2.21. The second-order valence-corrected chi connectivity index (χ2v) is 7.73. The quantitative estimate of drug-likeness (QED) is 0.575. The number of nitrogens with zero attached hydrogens (tertiary/aromatic N) is 4. The summed E-state index contributed by atoms with van der Waals surface area (Å²) in [4.78, 5) is 37.3. The maximum absolute atomic E-state index is 13.8. The Kier molecular flexibility index (Phi) is 6.69. The van der Waals surface area contributed by atoms with E-state index in [0.29, 0.717) is 37.4 Å². The highest BCUT2D eigenvalue weighted by molar-refractivity contribution is 6.29. The number of carbonyl (C=O) groups excluding carboxylic acids is 2. The smallest absolute Gasteiger partial charge is 0.258 e. The molecule has 2 aromatic heterocycles. The van der Waals surface area contributed by atoms with E-state index in [9.17, 15) is 14.0 Å². The standard InChI is InChI=1S/C23H21ClFN5O3/c1-33-21-13-15(12-19(24)28-21)23(32)30-10-8-29(9-11-30)20-7-6-16(14-26-20)27-22(31)17-4-2-3-5-18(17)25/h2-7,12-14H,8-11H2,1H3,(H,27,31). The number of hydrogen-bond donors (Lipinski definition) is 1. The number of methoxy groups -OCH3 is 1. The average molecular weight is 470 g/mol. The van der Waals surface area contributed by atoms with Crippen LogP contribution in [0.1, 0.15) is 20.7 Å². The van der Waals surface area contributed by atoms with E-state index in [0.717, 1.165) is 5.82 Å². The van der Waals surface area contributed by atoms with Crippen molar-refractivity contribution in [2.75, 3.05) is 43.5 Å². The first-order valence-corrected chi connectivity index (χ1v) is 10.6.